The molecule has 0 bridgehead atoms. The molecule has 1 nitrogen and oxygen atoms in total. The number of fused-ring (bicyclic) bond motifs is 1. The van der Waals surface area contributed by atoms with Gasteiger partial charge in [0.25, 0.3) is 0 Å². The van der Waals surface area contributed by atoms with Crippen molar-refractivity contribution in [3.8, 4) is 11.3 Å². The van der Waals surface area contributed by atoms with Crippen LogP contribution in [0.3, 0.4) is 0 Å². The van der Waals surface area contributed by atoms with Crippen LogP contribution in [-0.2, 0) is 0 Å². The molecule has 0 N–H and O–H groups in total. The monoisotopic (exact) mass is 340 g/mol. The fourth-order valence-corrected chi connectivity index (χ4v) is 2.48. The van der Waals surface area contributed by atoms with Gasteiger partial charge < -0.3 is 4.42 Å². The zero-order chi connectivity index (χ0) is 12.7. The van der Waals surface area contributed by atoms with E-state index in [1.165, 1.54) is 0 Å². The Bertz CT molecular complexity index is 734. The quantitative estimate of drug-likeness (QED) is 0.516. The number of benzene rings is 2. The molecule has 2 aromatic carbocycles. The van der Waals surface area contributed by atoms with Crippen LogP contribution >= 0.6 is 39.1 Å². The third-order valence-corrected chi connectivity index (χ3v) is 3.91. The van der Waals surface area contributed by atoms with E-state index < -0.39 is 0 Å². The van der Waals surface area contributed by atoms with Crippen LogP contribution in [0.4, 0.5) is 0 Å². The van der Waals surface area contributed by atoms with Gasteiger partial charge in [-0.15, -0.1) is 0 Å². The van der Waals surface area contributed by atoms with Crippen molar-refractivity contribution in [3.05, 3.63) is 57.0 Å². The van der Waals surface area contributed by atoms with E-state index in [4.69, 9.17) is 27.6 Å². The van der Waals surface area contributed by atoms with Gasteiger partial charge in [-0.05, 0) is 42.5 Å². The Hall–Kier alpha value is -0.960. The van der Waals surface area contributed by atoms with Gasteiger partial charge in [0.05, 0.1) is 10.0 Å². The lowest BCUT2D eigenvalue weighted by Crippen LogP contribution is -1.74. The van der Waals surface area contributed by atoms with Gasteiger partial charge in [-0.3, -0.25) is 0 Å². The maximum atomic E-state index is 6.01. The zero-order valence-corrected chi connectivity index (χ0v) is 12.2. The summed E-state index contributed by atoms with van der Waals surface area (Å²) in [4.78, 5) is 0. The molecule has 3 rings (SSSR count). The van der Waals surface area contributed by atoms with Gasteiger partial charge in [0, 0.05) is 15.4 Å². The Balaban J connectivity index is 2.16. The van der Waals surface area contributed by atoms with Crippen LogP contribution in [0.5, 0.6) is 0 Å². The van der Waals surface area contributed by atoms with E-state index in [9.17, 15) is 0 Å². The summed E-state index contributed by atoms with van der Waals surface area (Å²) in [5.74, 6) is 0.779. The van der Waals surface area contributed by atoms with Crippen LogP contribution < -0.4 is 0 Å². The first-order chi connectivity index (χ1) is 8.63. The Morgan fingerprint density at radius 2 is 1.72 bits per heavy atom. The first-order valence-corrected chi connectivity index (χ1v) is 6.83. The third-order valence-electron chi connectivity index (χ3n) is 2.68. The van der Waals surface area contributed by atoms with Crippen molar-refractivity contribution in [3.63, 3.8) is 0 Å². The van der Waals surface area contributed by atoms with Crippen molar-refractivity contribution in [1.29, 1.82) is 0 Å². The second-order valence-corrected chi connectivity index (χ2v) is 5.65. The molecule has 0 aliphatic rings. The lowest BCUT2D eigenvalue weighted by Gasteiger charge is -1.99. The van der Waals surface area contributed by atoms with Crippen LogP contribution in [0.15, 0.2) is 51.4 Å². The van der Waals surface area contributed by atoms with Crippen LogP contribution in [0.1, 0.15) is 0 Å². The van der Waals surface area contributed by atoms with Gasteiger partial charge >= 0.3 is 0 Å². The number of furan rings is 1. The number of hydrogen-bond donors (Lipinski definition) is 0. The molecule has 0 saturated heterocycles. The van der Waals surface area contributed by atoms with E-state index in [0.29, 0.717) is 10.0 Å². The van der Waals surface area contributed by atoms with Crippen LogP contribution in [0.25, 0.3) is 22.3 Å². The highest BCUT2D eigenvalue weighted by molar-refractivity contribution is 9.10. The Labute approximate surface area is 122 Å². The van der Waals surface area contributed by atoms with Gasteiger partial charge in [0.1, 0.15) is 11.3 Å². The van der Waals surface area contributed by atoms with Crippen molar-refractivity contribution in [1.82, 2.24) is 0 Å². The molecule has 0 aliphatic carbocycles. The molecule has 1 heterocycles. The third kappa shape index (κ3) is 2.16. The molecule has 0 amide bonds. The lowest BCUT2D eigenvalue weighted by molar-refractivity contribution is 0.631. The Morgan fingerprint density at radius 1 is 0.889 bits per heavy atom. The van der Waals surface area contributed by atoms with Crippen molar-refractivity contribution >= 4 is 50.1 Å². The normalized spacial score (nSPS) is 11.1. The number of rotatable bonds is 1. The summed E-state index contributed by atoms with van der Waals surface area (Å²) in [5.41, 5.74) is 1.76. The molecule has 0 aliphatic heterocycles. The van der Waals surface area contributed by atoms with Gasteiger partial charge in [-0.25, -0.2) is 0 Å². The molecular weight excluding hydrogens is 335 g/mol. The maximum Gasteiger partial charge on any atom is 0.135 e. The fourth-order valence-electron chi connectivity index (χ4n) is 1.81. The molecule has 0 spiro atoms. The largest absolute Gasteiger partial charge is 0.456 e. The van der Waals surface area contributed by atoms with E-state index >= 15 is 0 Å². The average Bonchev–Trinajstić information content (AvgIpc) is 2.75. The van der Waals surface area contributed by atoms with Crippen molar-refractivity contribution < 1.29 is 4.42 Å². The molecule has 0 radical (unpaired) electrons. The molecule has 1 aromatic heterocycles. The minimum Gasteiger partial charge on any atom is -0.456 e. The second-order valence-electron chi connectivity index (χ2n) is 3.92. The highest BCUT2D eigenvalue weighted by Gasteiger charge is 2.08. The second kappa shape index (κ2) is 4.61. The van der Waals surface area contributed by atoms with E-state index in [1.54, 1.807) is 12.1 Å². The van der Waals surface area contributed by atoms with Gasteiger partial charge in [0.15, 0.2) is 0 Å². The average molecular weight is 342 g/mol. The van der Waals surface area contributed by atoms with Crippen molar-refractivity contribution in [2.24, 2.45) is 0 Å². The highest BCUT2D eigenvalue weighted by atomic mass is 79.9. The summed E-state index contributed by atoms with van der Waals surface area (Å²) < 4.78 is 6.81. The summed E-state index contributed by atoms with van der Waals surface area (Å²) in [6.07, 6.45) is 0. The SMILES string of the molecule is Clc1ccc(-c2cc3cc(Br)ccc3o2)cc1Cl. The topological polar surface area (TPSA) is 13.1 Å². The van der Waals surface area contributed by atoms with Gasteiger partial charge in [-0.2, -0.15) is 0 Å². The van der Waals surface area contributed by atoms with Crippen LogP contribution in [0.2, 0.25) is 10.0 Å². The first kappa shape index (κ1) is 12.1. The van der Waals surface area contributed by atoms with E-state index in [1.807, 2.05) is 30.3 Å². The Morgan fingerprint density at radius 3 is 2.50 bits per heavy atom. The fraction of sp³-hybridized carbons (Fsp3) is 0. The molecule has 90 valence electrons. The van der Waals surface area contributed by atoms with E-state index in [0.717, 1.165) is 26.8 Å². The predicted octanol–water partition coefficient (Wildman–Crippen LogP) is 6.17. The highest BCUT2D eigenvalue weighted by Crippen LogP contribution is 2.32. The molecule has 0 saturated carbocycles. The molecule has 4 heteroatoms. The maximum absolute atomic E-state index is 6.01. The van der Waals surface area contributed by atoms with Gasteiger partial charge in [0.2, 0.25) is 0 Å². The molecule has 0 unspecified atom stereocenters. The first-order valence-electron chi connectivity index (χ1n) is 5.28. The molecule has 0 atom stereocenters. The number of hydrogen-bond acceptors (Lipinski definition) is 1. The van der Waals surface area contributed by atoms with E-state index in [2.05, 4.69) is 15.9 Å². The van der Waals surface area contributed by atoms with Gasteiger partial charge in [-0.1, -0.05) is 39.1 Å². The Kier molecular flexibility index (Phi) is 3.10. The minimum atomic E-state index is 0.524. The molecule has 18 heavy (non-hydrogen) atoms. The lowest BCUT2D eigenvalue weighted by atomic mass is 10.1. The smallest absolute Gasteiger partial charge is 0.135 e. The molecular formula is C14H7BrCl2O. The summed E-state index contributed by atoms with van der Waals surface area (Å²) in [6.45, 7) is 0. The predicted molar refractivity (Wildman–Crippen MR) is 79.4 cm³/mol. The number of halogens is 3. The zero-order valence-electron chi connectivity index (χ0n) is 9.08. The summed E-state index contributed by atoms with van der Waals surface area (Å²) in [7, 11) is 0. The van der Waals surface area contributed by atoms with Crippen molar-refractivity contribution in [2.75, 3.05) is 0 Å². The summed E-state index contributed by atoms with van der Waals surface area (Å²) in [5, 5.41) is 2.11. The van der Waals surface area contributed by atoms with Crippen LogP contribution in [0, 0.1) is 0 Å². The van der Waals surface area contributed by atoms with E-state index in [-0.39, 0.29) is 0 Å². The van der Waals surface area contributed by atoms with Crippen molar-refractivity contribution in [2.45, 2.75) is 0 Å². The molecule has 0 fully saturated rings. The summed E-state index contributed by atoms with van der Waals surface area (Å²) >= 11 is 15.3. The summed E-state index contributed by atoms with van der Waals surface area (Å²) in [6, 6.07) is 13.3. The molecule has 3 aromatic rings. The van der Waals surface area contributed by atoms with Crippen LogP contribution in [-0.4, -0.2) is 0 Å². The standard InChI is InChI=1S/C14H7BrCl2O/c15-10-2-4-13-9(5-10)7-14(18-13)8-1-3-11(16)12(17)6-8/h1-7H. The minimum absolute atomic E-state index is 0.524.